The summed E-state index contributed by atoms with van der Waals surface area (Å²) in [6.45, 7) is 0.963. The average molecular weight is 301 g/mol. The molecular weight excluding hydrogens is 284 g/mol. The maximum atomic E-state index is 11.6. The number of carbonyl (C=O) groups is 1. The van der Waals surface area contributed by atoms with E-state index < -0.39 is 6.04 Å². The molecule has 94 valence electrons. The first-order valence-corrected chi connectivity index (χ1v) is 6.20. The number of nitrogens with two attached hydrogens (primary N) is 1. The molecule has 3 N–H and O–H groups in total. The molecule has 0 fully saturated rings. The summed E-state index contributed by atoms with van der Waals surface area (Å²) in [5.74, 6) is -0.155. The van der Waals surface area contributed by atoms with E-state index in [-0.39, 0.29) is 5.91 Å². The van der Waals surface area contributed by atoms with Crippen LogP contribution in [0.1, 0.15) is 12.0 Å². The molecule has 0 aliphatic heterocycles. The van der Waals surface area contributed by atoms with Gasteiger partial charge in [-0.05, 0) is 18.1 Å². The van der Waals surface area contributed by atoms with E-state index in [2.05, 4.69) is 21.2 Å². The minimum absolute atomic E-state index is 0.155. The van der Waals surface area contributed by atoms with Crippen LogP contribution in [0.25, 0.3) is 0 Å². The van der Waals surface area contributed by atoms with Crippen LogP contribution >= 0.6 is 15.9 Å². The standard InChI is InChI=1S/C12H17BrN2O2/c1-17-7-6-11(14)12(16)15-8-9-4-2-3-5-10(9)13/h2-5,11H,6-8,14H2,1H3,(H,15,16). The molecule has 0 aromatic heterocycles. The number of carbonyl (C=O) groups excluding carboxylic acids is 1. The zero-order valence-electron chi connectivity index (χ0n) is 9.78. The number of benzene rings is 1. The van der Waals surface area contributed by atoms with Crippen molar-refractivity contribution in [2.45, 2.75) is 19.0 Å². The second-order valence-electron chi connectivity index (χ2n) is 3.70. The molecule has 0 saturated carbocycles. The van der Waals surface area contributed by atoms with E-state index in [9.17, 15) is 4.79 Å². The summed E-state index contributed by atoms with van der Waals surface area (Å²) < 4.78 is 5.85. The van der Waals surface area contributed by atoms with Crippen LogP contribution in [-0.4, -0.2) is 25.7 Å². The van der Waals surface area contributed by atoms with E-state index in [1.54, 1.807) is 7.11 Å². The Balaban J connectivity index is 2.40. The van der Waals surface area contributed by atoms with E-state index in [1.807, 2.05) is 24.3 Å². The van der Waals surface area contributed by atoms with E-state index in [4.69, 9.17) is 10.5 Å². The molecule has 1 rings (SSSR count). The Hall–Kier alpha value is -0.910. The molecule has 0 radical (unpaired) electrons. The highest BCUT2D eigenvalue weighted by atomic mass is 79.9. The van der Waals surface area contributed by atoms with Gasteiger partial charge in [0.15, 0.2) is 0 Å². The molecule has 0 spiro atoms. The van der Waals surface area contributed by atoms with E-state index in [0.717, 1.165) is 10.0 Å². The third kappa shape index (κ3) is 4.85. The average Bonchev–Trinajstić information content (AvgIpc) is 2.34. The highest BCUT2D eigenvalue weighted by molar-refractivity contribution is 9.10. The van der Waals surface area contributed by atoms with Gasteiger partial charge in [-0.15, -0.1) is 0 Å². The Labute approximate surface area is 110 Å². The molecule has 17 heavy (non-hydrogen) atoms. The molecule has 4 nitrogen and oxygen atoms in total. The van der Waals surface area contributed by atoms with Crippen LogP contribution in [0.5, 0.6) is 0 Å². The van der Waals surface area contributed by atoms with Crippen LogP contribution < -0.4 is 11.1 Å². The number of amides is 1. The van der Waals surface area contributed by atoms with Gasteiger partial charge < -0.3 is 15.8 Å². The first-order chi connectivity index (χ1) is 8.15. The van der Waals surface area contributed by atoms with Gasteiger partial charge in [0.05, 0.1) is 6.04 Å². The zero-order chi connectivity index (χ0) is 12.7. The van der Waals surface area contributed by atoms with E-state index >= 15 is 0 Å². The lowest BCUT2D eigenvalue weighted by atomic mass is 10.2. The van der Waals surface area contributed by atoms with Gasteiger partial charge in [-0.25, -0.2) is 0 Å². The van der Waals surface area contributed by atoms with Gasteiger partial charge in [0, 0.05) is 24.7 Å². The van der Waals surface area contributed by atoms with Crippen LogP contribution in [0.3, 0.4) is 0 Å². The fourth-order valence-electron chi connectivity index (χ4n) is 1.33. The minimum atomic E-state index is -0.516. The molecule has 5 heteroatoms. The molecular formula is C12H17BrN2O2. The fraction of sp³-hybridized carbons (Fsp3) is 0.417. The molecule has 0 aliphatic rings. The molecule has 0 bridgehead atoms. The quantitative estimate of drug-likeness (QED) is 0.835. The van der Waals surface area contributed by atoms with Crippen molar-refractivity contribution in [2.24, 2.45) is 5.73 Å². The fourth-order valence-corrected chi connectivity index (χ4v) is 1.76. The number of hydrogen-bond acceptors (Lipinski definition) is 3. The molecule has 1 unspecified atom stereocenters. The molecule has 0 heterocycles. The number of nitrogens with one attached hydrogen (secondary N) is 1. The summed E-state index contributed by atoms with van der Waals surface area (Å²) in [7, 11) is 1.59. The van der Waals surface area contributed by atoms with Crippen molar-refractivity contribution < 1.29 is 9.53 Å². The maximum absolute atomic E-state index is 11.6. The molecule has 0 aliphatic carbocycles. The summed E-state index contributed by atoms with van der Waals surface area (Å²) in [6.07, 6.45) is 0.526. The van der Waals surface area contributed by atoms with Crippen LogP contribution in [0.15, 0.2) is 28.7 Å². The first kappa shape index (κ1) is 14.2. The van der Waals surface area contributed by atoms with E-state index in [1.165, 1.54) is 0 Å². The summed E-state index contributed by atoms with van der Waals surface area (Å²) in [4.78, 5) is 11.6. The Morgan fingerprint density at radius 1 is 1.53 bits per heavy atom. The van der Waals surface area contributed by atoms with Crippen molar-refractivity contribution in [3.05, 3.63) is 34.3 Å². The van der Waals surface area contributed by atoms with Gasteiger partial charge in [-0.1, -0.05) is 34.1 Å². The largest absolute Gasteiger partial charge is 0.385 e. The second kappa shape index (κ2) is 7.42. The van der Waals surface area contributed by atoms with Crippen molar-refractivity contribution >= 4 is 21.8 Å². The molecule has 0 saturated heterocycles. The number of hydrogen-bond donors (Lipinski definition) is 2. The summed E-state index contributed by atoms with van der Waals surface area (Å²) in [5.41, 5.74) is 6.73. The van der Waals surface area contributed by atoms with Crippen molar-refractivity contribution in [3.8, 4) is 0 Å². The molecule has 1 amide bonds. The Morgan fingerprint density at radius 3 is 2.88 bits per heavy atom. The third-order valence-electron chi connectivity index (χ3n) is 2.38. The number of rotatable bonds is 6. The van der Waals surface area contributed by atoms with Crippen LogP contribution in [0, 0.1) is 0 Å². The third-order valence-corrected chi connectivity index (χ3v) is 3.15. The predicted molar refractivity (Wildman–Crippen MR) is 70.5 cm³/mol. The van der Waals surface area contributed by atoms with Gasteiger partial charge in [0.25, 0.3) is 0 Å². The Morgan fingerprint density at radius 2 is 2.24 bits per heavy atom. The smallest absolute Gasteiger partial charge is 0.237 e. The lowest BCUT2D eigenvalue weighted by Crippen LogP contribution is -2.40. The monoisotopic (exact) mass is 300 g/mol. The van der Waals surface area contributed by atoms with E-state index in [0.29, 0.717) is 19.6 Å². The highest BCUT2D eigenvalue weighted by Crippen LogP contribution is 2.15. The first-order valence-electron chi connectivity index (χ1n) is 5.40. The topological polar surface area (TPSA) is 64.3 Å². The summed E-state index contributed by atoms with van der Waals surface area (Å²) >= 11 is 3.42. The number of halogens is 1. The predicted octanol–water partition coefficient (Wildman–Crippen LogP) is 1.43. The molecule has 1 atom stereocenters. The van der Waals surface area contributed by atoms with Crippen molar-refractivity contribution in [1.29, 1.82) is 0 Å². The van der Waals surface area contributed by atoms with Crippen molar-refractivity contribution in [3.63, 3.8) is 0 Å². The van der Waals surface area contributed by atoms with Gasteiger partial charge >= 0.3 is 0 Å². The summed E-state index contributed by atoms with van der Waals surface area (Å²) in [5, 5.41) is 2.80. The molecule has 1 aromatic rings. The van der Waals surface area contributed by atoms with Gasteiger partial charge in [0.1, 0.15) is 0 Å². The lowest BCUT2D eigenvalue weighted by molar-refractivity contribution is -0.122. The minimum Gasteiger partial charge on any atom is -0.385 e. The highest BCUT2D eigenvalue weighted by Gasteiger charge is 2.12. The number of ether oxygens (including phenoxy) is 1. The summed E-state index contributed by atoms with van der Waals surface area (Å²) in [6, 6.07) is 7.23. The van der Waals surface area contributed by atoms with Crippen molar-refractivity contribution in [2.75, 3.05) is 13.7 Å². The van der Waals surface area contributed by atoms with Gasteiger partial charge in [-0.3, -0.25) is 4.79 Å². The van der Waals surface area contributed by atoms with Crippen LogP contribution in [0.4, 0.5) is 0 Å². The van der Waals surface area contributed by atoms with Gasteiger partial charge in [-0.2, -0.15) is 0 Å². The maximum Gasteiger partial charge on any atom is 0.237 e. The number of methoxy groups -OCH3 is 1. The lowest BCUT2D eigenvalue weighted by Gasteiger charge is -2.12. The van der Waals surface area contributed by atoms with Crippen LogP contribution in [0.2, 0.25) is 0 Å². The second-order valence-corrected chi connectivity index (χ2v) is 4.55. The van der Waals surface area contributed by atoms with Crippen LogP contribution in [-0.2, 0) is 16.1 Å². The molecule has 1 aromatic carbocycles. The van der Waals surface area contributed by atoms with Gasteiger partial charge in [0.2, 0.25) is 5.91 Å². The normalized spacial score (nSPS) is 12.2. The Bertz CT molecular complexity index is 371. The SMILES string of the molecule is COCCC(N)C(=O)NCc1ccccc1Br. The zero-order valence-corrected chi connectivity index (χ0v) is 11.4. The van der Waals surface area contributed by atoms with Crippen molar-refractivity contribution in [1.82, 2.24) is 5.32 Å². The Kier molecular flexibility index (Phi) is 6.18.